The number of aromatic nitrogens is 3. The Balaban J connectivity index is 1.52. The highest BCUT2D eigenvalue weighted by molar-refractivity contribution is 6.05. The topological polar surface area (TPSA) is 71.0 Å². The van der Waals surface area contributed by atoms with Gasteiger partial charge in [0.1, 0.15) is 5.69 Å². The normalized spacial score (nSPS) is 14.0. The molecule has 1 aliphatic heterocycles. The predicted octanol–water partition coefficient (Wildman–Crippen LogP) is 2.86. The zero-order chi connectivity index (χ0) is 17.9. The van der Waals surface area contributed by atoms with Gasteiger partial charge in [0, 0.05) is 30.4 Å². The van der Waals surface area contributed by atoms with E-state index in [1.54, 1.807) is 6.20 Å². The van der Waals surface area contributed by atoms with E-state index < -0.39 is 0 Å². The van der Waals surface area contributed by atoms with Gasteiger partial charge in [-0.1, -0.05) is 24.3 Å². The molecule has 132 valence electrons. The highest BCUT2D eigenvalue weighted by atomic mass is 16.1. The Morgan fingerprint density at radius 2 is 1.96 bits per heavy atom. The fourth-order valence-corrected chi connectivity index (χ4v) is 3.32. The summed E-state index contributed by atoms with van der Waals surface area (Å²) in [6.45, 7) is 4.30. The molecule has 1 N–H and O–H groups in total. The van der Waals surface area contributed by atoms with Crippen LogP contribution in [0.3, 0.4) is 0 Å². The van der Waals surface area contributed by atoms with Gasteiger partial charge in [0.25, 0.3) is 5.91 Å². The zero-order valence-corrected chi connectivity index (χ0v) is 14.8. The number of benzene rings is 1. The number of fused-ring (bicyclic) bond motifs is 1. The van der Waals surface area contributed by atoms with Gasteiger partial charge in [0.05, 0.1) is 12.2 Å². The molecule has 0 atom stereocenters. The standard InChI is InChI=1S/C20H21N5O/c1-14-12-16(24-20(23-14)25-10-4-5-11-25)13-22-19(26)18-17-7-3-2-6-15(17)8-9-21-18/h2-3,6-9,12H,4-5,10-11,13H2,1H3,(H,22,26). The van der Waals surface area contributed by atoms with E-state index in [1.165, 1.54) is 12.8 Å². The lowest BCUT2D eigenvalue weighted by Crippen LogP contribution is -2.26. The number of pyridine rings is 1. The first-order valence-corrected chi connectivity index (χ1v) is 8.92. The summed E-state index contributed by atoms with van der Waals surface area (Å²) < 4.78 is 0. The maximum Gasteiger partial charge on any atom is 0.270 e. The van der Waals surface area contributed by atoms with Crippen molar-refractivity contribution in [2.24, 2.45) is 0 Å². The third kappa shape index (κ3) is 3.35. The predicted molar refractivity (Wildman–Crippen MR) is 101 cm³/mol. The fraction of sp³-hybridized carbons (Fsp3) is 0.300. The number of carbonyl (C=O) groups is 1. The Morgan fingerprint density at radius 1 is 1.15 bits per heavy atom. The van der Waals surface area contributed by atoms with Crippen molar-refractivity contribution < 1.29 is 4.79 Å². The van der Waals surface area contributed by atoms with Crippen LogP contribution < -0.4 is 10.2 Å². The summed E-state index contributed by atoms with van der Waals surface area (Å²) in [6.07, 6.45) is 4.02. The van der Waals surface area contributed by atoms with Gasteiger partial charge in [-0.2, -0.15) is 0 Å². The van der Waals surface area contributed by atoms with Crippen LogP contribution in [0.1, 0.15) is 34.7 Å². The van der Waals surface area contributed by atoms with Gasteiger partial charge in [0.15, 0.2) is 0 Å². The molecule has 6 heteroatoms. The van der Waals surface area contributed by atoms with Crippen molar-refractivity contribution >= 4 is 22.6 Å². The second-order valence-electron chi connectivity index (χ2n) is 6.56. The molecule has 3 heterocycles. The molecule has 0 unspecified atom stereocenters. The highest BCUT2D eigenvalue weighted by Gasteiger charge is 2.17. The smallest absolute Gasteiger partial charge is 0.270 e. The molecule has 0 radical (unpaired) electrons. The Labute approximate surface area is 152 Å². The molecule has 4 rings (SSSR count). The van der Waals surface area contributed by atoms with E-state index in [0.717, 1.165) is 41.2 Å². The second-order valence-corrected chi connectivity index (χ2v) is 6.56. The van der Waals surface area contributed by atoms with Gasteiger partial charge in [0.2, 0.25) is 5.95 Å². The first-order valence-electron chi connectivity index (χ1n) is 8.92. The SMILES string of the molecule is Cc1cc(CNC(=O)c2nccc3ccccc23)nc(N2CCCC2)n1. The summed E-state index contributed by atoms with van der Waals surface area (Å²) in [6, 6.07) is 11.6. The van der Waals surface area contributed by atoms with Crippen LogP contribution in [0.25, 0.3) is 10.8 Å². The van der Waals surface area contributed by atoms with E-state index in [2.05, 4.69) is 25.2 Å². The summed E-state index contributed by atoms with van der Waals surface area (Å²) in [4.78, 5) is 28.2. The number of amides is 1. The van der Waals surface area contributed by atoms with Crippen LogP contribution in [0.4, 0.5) is 5.95 Å². The van der Waals surface area contributed by atoms with Gasteiger partial charge in [-0.25, -0.2) is 9.97 Å². The maximum atomic E-state index is 12.6. The lowest BCUT2D eigenvalue weighted by Gasteiger charge is -2.16. The van der Waals surface area contributed by atoms with Gasteiger partial charge in [-0.3, -0.25) is 9.78 Å². The third-order valence-electron chi connectivity index (χ3n) is 4.60. The first kappa shape index (κ1) is 16.4. The van der Waals surface area contributed by atoms with E-state index in [1.807, 2.05) is 43.3 Å². The molecule has 6 nitrogen and oxygen atoms in total. The van der Waals surface area contributed by atoms with Crippen LogP contribution in [0.5, 0.6) is 0 Å². The number of hydrogen-bond donors (Lipinski definition) is 1. The molecule has 26 heavy (non-hydrogen) atoms. The van der Waals surface area contributed by atoms with Crippen molar-refractivity contribution in [2.75, 3.05) is 18.0 Å². The number of nitrogens with one attached hydrogen (secondary N) is 1. The molecular weight excluding hydrogens is 326 g/mol. The summed E-state index contributed by atoms with van der Waals surface area (Å²) in [5.74, 6) is 0.566. The van der Waals surface area contributed by atoms with E-state index in [0.29, 0.717) is 12.2 Å². The zero-order valence-electron chi connectivity index (χ0n) is 14.8. The molecular formula is C20H21N5O. The van der Waals surface area contributed by atoms with Gasteiger partial charge in [-0.15, -0.1) is 0 Å². The molecule has 0 saturated carbocycles. The number of rotatable bonds is 4. The van der Waals surface area contributed by atoms with Crippen molar-refractivity contribution in [1.82, 2.24) is 20.3 Å². The van der Waals surface area contributed by atoms with E-state index >= 15 is 0 Å². The summed E-state index contributed by atoms with van der Waals surface area (Å²) >= 11 is 0. The minimum absolute atomic E-state index is 0.194. The summed E-state index contributed by atoms with van der Waals surface area (Å²) in [7, 11) is 0. The lowest BCUT2D eigenvalue weighted by atomic mass is 10.1. The maximum absolute atomic E-state index is 12.6. The van der Waals surface area contributed by atoms with Crippen LogP contribution in [0, 0.1) is 6.92 Å². The number of anilines is 1. The number of aryl methyl sites for hydroxylation is 1. The molecule has 0 aliphatic carbocycles. The van der Waals surface area contributed by atoms with Crippen LogP contribution in [-0.2, 0) is 6.54 Å². The minimum atomic E-state index is -0.194. The molecule has 2 aromatic heterocycles. The Bertz CT molecular complexity index is 945. The highest BCUT2D eigenvalue weighted by Crippen LogP contribution is 2.18. The molecule has 1 aliphatic rings. The van der Waals surface area contributed by atoms with E-state index in [4.69, 9.17) is 0 Å². The average Bonchev–Trinajstić information content (AvgIpc) is 3.20. The molecule has 1 fully saturated rings. The number of hydrogen-bond acceptors (Lipinski definition) is 5. The average molecular weight is 347 g/mol. The van der Waals surface area contributed by atoms with Crippen molar-refractivity contribution in [3.8, 4) is 0 Å². The molecule has 0 spiro atoms. The van der Waals surface area contributed by atoms with Crippen molar-refractivity contribution in [3.63, 3.8) is 0 Å². The van der Waals surface area contributed by atoms with Crippen LogP contribution in [-0.4, -0.2) is 33.9 Å². The van der Waals surface area contributed by atoms with E-state index in [-0.39, 0.29) is 5.91 Å². The van der Waals surface area contributed by atoms with Crippen molar-refractivity contribution in [2.45, 2.75) is 26.3 Å². The van der Waals surface area contributed by atoms with Gasteiger partial charge < -0.3 is 10.2 Å². The van der Waals surface area contributed by atoms with Crippen LogP contribution >= 0.6 is 0 Å². The van der Waals surface area contributed by atoms with Gasteiger partial charge >= 0.3 is 0 Å². The number of carbonyl (C=O) groups excluding carboxylic acids is 1. The van der Waals surface area contributed by atoms with Crippen LogP contribution in [0.2, 0.25) is 0 Å². The molecule has 0 bridgehead atoms. The Morgan fingerprint density at radius 3 is 2.81 bits per heavy atom. The Kier molecular flexibility index (Phi) is 4.48. The Hall–Kier alpha value is -3.02. The number of nitrogens with zero attached hydrogens (tertiary/aromatic N) is 4. The van der Waals surface area contributed by atoms with Crippen LogP contribution in [0.15, 0.2) is 42.6 Å². The van der Waals surface area contributed by atoms with Gasteiger partial charge in [-0.05, 0) is 37.3 Å². The summed E-state index contributed by atoms with van der Waals surface area (Å²) in [5, 5.41) is 4.79. The quantitative estimate of drug-likeness (QED) is 0.786. The monoisotopic (exact) mass is 347 g/mol. The molecule has 3 aromatic rings. The largest absolute Gasteiger partial charge is 0.345 e. The second kappa shape index (κ2) is 7.07. The van der Waals surface area contributed by atoms with E-state index in [9.17, 15) is 4.79 Å². The van der Waals surface area contributed by atoms with Crippen molar-refractivity contribution in [1.29, 1.82) is 0 Å². The summed E-state index contributed by atoms with van der Waals surface area (Å²) in [5.41, 5.74) is 2.16. The molecule has 1 amide bonds. The third-order valence-corrected chi connectivity index (χ3v) is 4.60. The molecule has 1 aromatic carbocycles. The molecule has 1 saturated heterocycles. The fourth-order valence-electron chi connectivity index (χ4n) is 3.32. The lowest BCUT2D eigenvalue weighted by molar-refractivity contribution is 0.0947. The first-order chi connectivity index (χ1) is 12.7. The minimum Gasteiger partial charge on any atom is -0.345 e. The van der Waals surface area contributed by atoms with Crippen molar-refractivity contribution in [3.05, 3.63) is 59.7 Å².